The Morgan fingerprint density at radius 3 is 2.18 bits per heavy atom. The molecule has 112 valence electrons. The summed E-state index contributed by atoms with van der Waals surface area (Å²) in [6, 6.07) is 14.1. The number of rotatable bonds is 3. The van der Waals surface area contributed by atoms with E-state index >= 15 is 0 Å². The fraction of sp³-hybridized carbons (Fsp3) is 0.0667. The minimum Gasteiger partial charge on any atom is -0.256 e. The van der Waals surface area contributed by atoms with Crippen molar-refractivity contribution < 1.29 is 0 Å². The van der Waals surface area contributed by atoms with E-state index < -0.39 is 11.4 Å². The molecular formula is C15H11Cl2N3O2. The van der Waals surface area contributed by atoms with Gasteiger partial charge in [-0.3, -0.25) is 4.98 Å². The van der Waals surface area contributed by atoms with Crippen molar-refractivity contribution in [3.05, 3.63) is 85.1 Å². The molecule has 1 N–H and O–H groups in total. The molecule has 1 heterocycles. The molecule has 0 aliphatic rings. The molecule has 22 heavy (non-hydrogen) atoms. The van der Waals surface area contributed by atoms with Crippen LogP contribution in [0.3, 0.4) is 0 Å². The van der Waals surface area contributed by atoms with Crippen molar-refractivity contribution in [1.82, 2.24) is 14.3 Å². The van der Waals surface area contributed by atoms with Crippen molar-refractivity contribution in [3.8, 4) is 5.69 Å². The van der Waals surface area contributed by atoms with Crippen molar-refractivity contribution >= 4 is 23.2 Å². The Kier molecular flexibility index (Phi) is 3.92. The summed E-state index contributed by atoms with van der Waals surface area (Å²) in [6.45, 7) is 0.253. The van der Waals surface area contributed by atoms with Crippen molar-refractivity contribution in [3.63, 3.8) is 0 Å². The fourth-order valence-electron chi connectivity index (χ4n) is 2.23. The van der Waals surface area contributed by atoms with E-state index in [9.17, 15) is 9.59 Å². The van der Waals surface area contributed by atoms with Crippen LogP contribution in [0.25, 0.3) is 5.69 Å². The van der Waals surface area contributed by atoms with Gasteiger partial charge in [-0.25, -0.2) is 14.3 Å². The summed E-state index contributed by atoms with van der Waals surface area (Å²) in [5.41, 5.74) is 0.284. The van der Waals surface area contributed by atoms with Gasteiger partial charge in [-0.05, 0) is 23.8 Å². The molecule has 0 bridgehead atoms. The fourth-order valence-corrected chi connectivity index (χ4v) is 2.74. The van der Waals surface area contributed by atoms with Crippen molar-refractivity contribution in [1.29, 1.82) is 0 Å². The third-order valence-electron chi connectivity index (χ3n) is 3.15. The van der Waals surface area contributed by atoms with Gasteiger partial charge in [-0.15, -0.1) is 0 Å². The van der Waals surface area contributed by atoms with E-state index in [1.54, 1.807) is 18.2 Å². The maximum absolute atomic E-state index is 12.1. The van der Waals surface area contributed by atoms with Crippen molar-refractivity contribution in [2.45, 2.75) is 6.54 Å². The quantitative estimate of drug-likeness (QED) is 0.799. The van der Waals surface area contributed by atoms with E-state index in [4.69, 9.17) is 23.2 Å². The topological polar surface area (TPSA) is 59.8 Å². The highest BCUT2D eigenvalue weighted by Gasteiger charge is 2.12. The molecule has 0 aliphatic carbocycles. The van der Waals surface area contributed by atoms with Crippen LogP contribution in [0, 0.1) is 0 Å². The lowest BCUT2D eigenvalue weighted by molar-refractivity contribution is 0.576. The first-order valence-corrected chi connectivity index (χ1v) is 7.23. The Balaban J connectivity index is 2.16. The molecule has 0 unspecified atom stereocenters. The molecule has 0 amide bonds. The van der Waals surface area contributed by atoms with Gasteiger partial charge in [0.2, 0.25) is 0 Å². The van der Waals surface area contributed by atoms with E-state index in [2.05, 4.69) is 4.98 Å². The Bertz CT molecular complexity index is 906. The smallest absolute Gasteiger partial charge is 0.256 e. The van der Waals surface area contributed by atoms with Gasteiger partial charge >= 0.3 is 11.4 Å². The molecule has 0 saturated heterocycles. The average Bonchev–Trinajstić information content (AvgIpc) is 2.73. The van der Waals surface area contributed by atoms with Crippen molar-refractivity contribution in [2.24, 2.45) is 0 Å². The van der Waals surface area contributed by atoms with Gasteiger partial charge in [0.05, 0.1) is 12.2 Å². The summed E-state index contributed by atoms with van der Waals surface area (Å²) in [5.74, 6) is 0. The predicted octanol–water partition coefficient (Wildman–Crippen LogP) is 2.68. The monoisotopic (exact) mass is 335 g/mol. The first kappa shape index (κ1) is 14.7. The minimum absolute atomic E-state index is 0.253. The highest BCUT2D eigenvalue weighted by Crippen LogP contribution is 2.20. The normalized spacial score (nSPS) is 10.8. The first-order valence-electron chi connectivity index (χ1n) is 6.47. The summed E-state index contributed by atoms with van der Waals surface area (Å²) >= 11 is 11.9. The second-order valence-electron chi connectivity index (χ2n) is 4.72. The van der Waals surface area contributed by atoms with E-state index in [0.717, 1.165) is 5.56 Å². The zero-order chi connectivity index (χ0) is 15.7. The molecule has 0 spiro atoms. The summed E-state index contributed by atoms with van der Waals surface area (Å²) < 4.78 is 2.53. The van der Waals surface area contributed by atoms with Gasteiger partial charge in [-0.1, -0.05) is 53.5 Å². The number of hydrogen-bond acceptors (Lipinski definition) is 2. The van der Waals surface area contributed by atoms with Gasteiger partial charge in [0.25, 0.3) is 0 Å². The van der Waals surface area contributed by atoms with Crippen LogP contribution in [0.4, 0.5) is 0 Å². The van der Waals surface area contributed by atoms with Crippen LogP contribution in [0.1, 0.15) is 5.56 Å². The lowest BCUT2D eigenvalue weighted by Gasteiger charge is -2.10. The number of aromatic amines is 1. The summed E-state index contributed by atoms with van der Waals surface area (Å²) in [7, 11) is 0. The molecule has 5 nitrogen and oxygen atoms in total. The number of nitrogens with zero attached hydrogens (tertiary/aromatic N) is 2. The van der Waals surface area contributed by atoms with Crippen LogP contribution >= 0.6 is 23.2 Å². The molecule has 0 fully saturated rings. The zero-order valence-corrected chi connectivity index (χ0v) is 12.8. The highest BCUT2D eigenvalue weighted by atomic mass is 35.5. The van der Waals surface area contributed by atoms with E-state index in [0.29, 0.717) is 15.7 Å². The van der Waals surface area contributed by atoms with Crippen molar-refractivity contribution in [2.75, 3.05) is 0 Å². The molecule has 7 heteroatoms. The van der Waals surface area contributed by atoms with Crippen LogP contribution in [0.2, 0.25) is 10.0 Å². The number of aromatic nitrogens is 3. The Labute approximate surface area is 135 Å². The Morgan fingerprint density at radius 1 is 0.909 bits per heavy atom. The van der Waals surface area contributed by atoms with Gasteiger partial charge < -0.3 is 0 Å². The highest BCUT2D eigenvalue weighted by molar-refractivity contribution is 6.34. The molecule has 2 aromatic carbocycles. The lowest BCUT2D eigenvalue weighted by atomic mass is 10.2. The summed E-state index contributed by atoms with van der Waals surface area (Å²) in [5, 5.41) is 0.767. The zero-order valence-electron chi connectivity index (χ0n) is 11.3. The molecule has 0 aliphatic heterocycles. The van der Waals surface area contributed by atoms with Crippen LogP contribution in [-0.4, -0.2) is 14.3 Å². The van der Waals surface area contributed by atoms with E-state index in [1.165, 1.54) is 9.36 Å². The van der Waals surface area contributed by atoms with Gasteiger partial charge in [0, 0.05) is 10.0 Å². The number of nitrogens with one attached hydrogen (secondary N) is 1. The first-order chi connectivity index (χ1) is 10.5. The van der Waals surface area contributed by atoms with Crippen LogP contribution in [0.15, 0.2) is 58.1 Å². The molecule has 0 atom stereocenters. The third-order valence-corrected chi connectivity index (χ3v) is 3.59. The summed E-state index contributed by atoms with van der Waals surface area (Å²) in [4.78, 5) is 26.4. The van der Waals surface area contributed by atoms with E-state index in [-0.39, 0.29) is 6.54 Å². The van der Waals surface area contributed by atoms with Gasteiger partial charge in [-0.2, -0.15) is 4.68 Å². The third kappa shape index (κ3) is 2.86. The molecule has 0 saturated carbocycles. The average molecular weight is 336 g/mol. The largest absolute Gasteiger partial charge is 0.349 e. The van der Waals surface area contributed by atoms with Gasteiger partial charge in [0.1, 0.15) is 0 Å². The van der Waals surface area contributed by atoms with E-state index in [1.807, 2.05) is 30.3 Å². The molecule has 1 aromatic heterocycles. The Morgan fingerprint density at radius 2 is 1.55 bits per heavy atom. The SMILES string of the molecule is O=c1[nH]c(=O)n(-c2cc(Cl)cc(Cl)c2)n1Cc1ccccc1. The van der Waals surface area contributed by atoms with Crippen LogP contribution in [-0.2, 0) is 6.54 Å². The number of H-pyrrole nitrogens is 1. The Hall–Kier alpha value is -2.24. The minimum atomic E-state index is -0.542. The standard InChI is InChI=1S/C15H11Cl2N3O2/c16-11-6-12(17)8-13(7-11)20-15(22)18-14(21)19(20)9-10-4-2-1-3-5-10/h1-8H,9H2,(H,18,21,22). The maximum atomic E-state index is 12.1. The number of halogens is 2. The second-order valence-corrected chi connectivity index (χ2v) is 5.59. The predicted molar refractivity (Wildman–Crippen MR) is 86.2 cm³/mol. The molecule has 0 radical (unpaired) electrons. The number of hydrogen-bond donors (Lipinski definition) is 1. The van der Waals surface area contributed by atoms with Crippen LogP contribution in [0.5, 0.6) is 0 Å². The second kappa shape index (κ2) is 5.87. The summed E-state index contributed by atoms with van der Waals surface area (Å²) in [6.07, 6.45) is 0. The lowest BCUT2D eigenvalue weighted by Crippen LogP contribution is -2.26. The van der Waals surface area contributed by atoms with Crippen LogP contribution < -0.4 is 11.4 Å². The molecule has 3 aromatic rings. The maximum Gasteiger partial charge on any atom is 0.349 e. The molecular weight excluding hydrogens is 325 g/mol. The number of benzene rings is 2. The van der Waals surface area contributed by atoms with Gasteiger partial charge in [0.15, 0.2) is 0 Å². The molecule has 3 rings (SSSR count).